The second kappa shape index (κ2) is 11.8. The molecule has 5 saturated carbocycles. The number of ether oxygens (including phenoxy) is 3. The summed E-state index contributed by atoms with van der Waals surface area (Å²) in [6, 6.07) is -0.823. The number of carbonyl (C=O) groups is 2. The molecule has 1 heterocycles. The van der Waals surface area contributed by atoms with Crippen molar-refractivity contribution in [1.82, 2.24) is 5.32 Å². The summed E-state index contributed by atoms with van der Waals surface area (Å²) < 4.78 is 18.6. The minimum atomic E-state index is -0.936. The van der Waals surface area contributed by atoms with Gasteiger partial charge in [0.2, 0.25) is 0 Å². The molecule has 50 heavy (non-hydrogen) atoms. The van der Waals surface area contributed by atoms with Crippen LogP contribution < -0.4 is 5.32 Å². The Morgan fingerprint density at radius 2 is 1.56 bits per heavy atom. The van der Waals surface area contributed by atoms with Gasteiger partial charge in [0.15, 0.2) is 0 Å². The number of rotatable bonds is 7. The highest BCUT2D eigenvalue weighted by atomic mass is 16.6. The Morgan fingerprint density at radius 1 is 0.900 bits per heavy atom. The van der Waals surface area contributed by atoms with E-state index in [0.717, 1.165) is 44.9 Å². The Bertz CT molecular complexity index is 1350. The van der Waals surface area contributed by atoms with Crippen LogP contribution in [0.25, 0.3) is 0 Å². The normalized spacial score (nSPS) is 47.5. The van der Waals surface area contributed by atoms with Gasteiger partial charge < -0.3 is 34.8 Å². The summed E-state index contributed by atoms with van der Waals surface area (Å²) in [5.41, 5.74) is -2.88. The standard InChI is InChI=1S/C41H69NO8/c1-13-23(2)29(42-33(46)50-34(3,4)5)32(45)48-27-15-17-41-22-40(41)19-18-37(10)31(39(12)16-14-28(49-39)36(8,9)47)25(44)21-38(37,11)26(40)20-24(43)30(41)35(27,6)7/h23-31,43-44,47H,13-22H2,1-12H3,(H,42,46)/t23?,24-,25-,26?,27-,28-,29-,30-,31-,37+,38-,39+,40?,41+/m0/s1. The van der Waals surface area contributed by atoms with Gasteiger partial charge in [-0.1, -0.05) is 48.0 Å². The second-order valence-corrected chi connectivity index (χ2v) is 20.8. The van der Waals surface area contributed by atoms with Gasteiger partial charge in [0.25, 0.3) is 0 Å². The average molecular weight is 704 g/mol. The molecule has 14 atom stereocenters. The predicted molar refractivity (Wildman–Crippen MR) is 191 cm³/mol. The summed E-state index contributed by atoms with van der Waals surface area (Å²) in [5.74, 6) is -0.362. The molecule has 6 rings (SSSR count). The monoisotopic (exact) mass is 704 g/mol. The molecule has 5 aliphatic carbocycles. The molecule has 1 amide bonds. The van der Waals surface area contributed by atoms with Crippen molar-refractivity contribution in [3.63, 3.8) is 0 Å². The summed E-state index contributed by atoms with van der Waals surface area (Å²) in [4.78, 5) is 26.6. The van der Waals surface area contributed by atoms with Crippen LogP contribution >= 0.6 is 0 Å². The van der Waals surface area contributed by atoms with Crippen LogP contribution in [0.2, 0.25) is 0 Å². The molecule has 2 spiro atoms. The van der Waals surface area contributed by atoms with Crippen LogP contribution in [0.15, 0.2) is 0 Å². The summed E-state index contributed by atoms with van der Waals surface area (Å²) in [7, 11) is 0. The maximum atomic E-state index is 13.8. The van der Waals surface area contributed by atoms with Gasteiger partial charge in [-0.3, -0.25) is 0 Å². The number of esters is 1. The van der Waals surface area contributed by atoms with Crippen LogP contribution in [-0.2, 0) is 19.0 Å². The van der Waals surface area contributed by atoms with Crippen LogP contribution in [0.5, 0.6) is 0 Å². The van der Waals surface area contributed by atoms with E-state index in [1.807, 2.05) is 27.7 Å². The Morgan fingerprint density at radius 3 is 2.14 bits per heavy atom. The number of fused-ring (bicyclic) bond motifs is 2. The van der Waals surface area contributed by atoms with Gasteiger partial charge in [-0.25, -0.2) is 9.59 Å². The van der Waals surface area contributed by atoms with Crippen LogP contribution in [0.3, 0.4) is 0 Å². The Balaban J connectivity index is 1.23. The molecular weight excluding hydrogens is 634 g/mol. The first-order valence-corrected chi connectivity index (χ1v) is 19.8. The first-order chi connectivity index (χ1) is 22.8. The molecule has 286 valence electrons. The lowest BCUT2D eigenvalue weighted by Gasteiger charge is -2.64. The molecule has 0 aromatic rings. The van der Waals surface area contributed by atoms with Crippen LogP contribution in [0.1, 0.15) is 147 Å². The number of aliphatic hydroxyl groups excluding tert-OH is 2. The molecule has 6 aliphatic rings. The molecule has 0 aromatic heterocycles. The van der Waals surface area contributed by atoms with Gasteiger partial charge in [0.1, 0.15) is 17.7 Å². The summed E-state index contributed by atoms with van der Waals surface area (Å²) >= 11 is 0. The lowest BCUT2D eigenvalue weighted by Crippen LogP contribution is -2.63. The molecule has 9 heteroatoms. The second-order valence-electron chi connectivity index (χ2n) is 20.8. The molecule has 0 bridgehead atoms. The van der Waals surface area contributed by atoms with E-state index in [1.165, 1.54) is 0 Å². The molecule has 0 aromatic carbocycles. The molecule has 1 aliphatic heterocycles. The van der Waals surface area contributed by atoms with E-state index >= 15 is 0 Å². The van der Waals surface area contributed by atoms with E-state index < -0.39 is 52.5 Å². The van der Waals surface area contributed by atoms with Crippen molar-refractivity contribution in [2.45, 2.75) is 195 Å². The first-order valence-electron chi connectivity index (χ1n) is 19.8. The fraction of sp³-hybridized carbons (Fsp3) is 0.951. The zero-order valence-corrected chi connectivity index (χ0v) is 33.2. The van der Waals surface area contributed by atoms with Crippen molar-refractivity contribution >= 4 is 12.1 Å². The number of alkyl carbamates (subject to hydrolysis) is 1. The smallest absolute Gasteiger partial charge is 0.408 e. The topological polar surface area (TPSA) is 135 Å². The van der Waals surface area contributed by atoms with Crippen molar-refractivity contribution in [2.75, 3.05) is 0 Å². The van der Waals surface area contributed by atoms with Crippen LogP contribution in [0, 0.1) is 50.7 Å². The minimum absolute atomic E-state index is 0.0167. The van der Waals surface area contributed by atoms with Gasteiger partial charge in [-0.15, -0.1) is 0 Å². The predicted octanol–water partition coefficient (Wildman–Crippen LogP) is 6.93. The SMILES string of the molecule is CCC(C)[C@H](NC(=O)OC(C)(C)C)C(=O)O[C@H]1CC[C@]23CC24CC[C@]2(C)[C@@H]([C@@]5(C)CC[C@@H](C(C)(C)O)O5)[C@@H](O)C[C@@]2(C)C4C[C@H](O)[C@H]3C1(C)C. The van der Waals surface area contributed by atoms with Crippen molar-refractivity contribution < 1.29 is 39.1 Å². The van der Waals surface area contributed by atoms with E-state index in [9.17, 15) is 24.9 Å². The molecular formula is C41H69NO8. The van der Waals surface area contributed by atoms with E-state index in [0.29, 0.717) is 19.3 Å². The maximum Gasteiger partial charge on any atom is 0.408 e. The number of carbonyl (C=O) groups excluding carboxylic acids is 2. The number of hydrogen-bond acceptors (Lipinski definition) is 8. The quantitative estimate of drug-likeness (QED) is 0.210. The molecule has 9 nitrogen and oxygen atoms in total. The highest BCUT2D eigenvalue weighted by molar-refractivity contribution is 5.82. The maximum absolute atomic E-state index is 13.8. The third kappa shape index (κ3) is 5.51. The highest BCUT2D eigenvalue weighted by Gasteiger charge is 2.85. The minimum Gasteiger partial charge on any atom is -0.460 e. The third-order valence-corrected chi connectivity index (χ3v) is 16.1. The molecule has 1 saturated heterocycles. The zero-order chi connectivity index (χ0) is 37.3. The Hall–Kier alpha value is -1.42. The van der Waals surface area contributed by atoms with Crippen molar-refractivity contribution in [2.24, 2.45) is 50.7 Å². The largest absolute Gasteiger partial charge is 0.460 e. The number of nitrogens with one attached hydrogen (secondary N) is 1. The number of hydrogen-bond donors (Lipinski definition) is 4. The van der Waals surface area contributed by atoms with Crippen molar-refractivity contribution in [1.29, 1.82) is 0 Å². The highest BCUT2D eigenvalue weighted by Crippen LogP contribution is 2.89. The fourth-order valence-corrected chi connectivity index (χ4v) is 13.6. The van der Waals surface area contributed by atoms with E-state index in [4.69, 9.17) is 14.2 Å². The van der Waals surface area contributed by atoms with Gasteiger partial charge in [0.05, 0.1) is 29.5 Å². The fourth-order valence-electron chi connectivity index (χ4n) is 13.6. The number of amides is 1. The Labute approximate surface area is 301 Å². The third-order valence-electron chi connectivity index (χ3n) is 16.1. The van der Waals surface area contributed by atoms with Crippen LogP contribution in [-0.4, -0.2) is 74.6 Å². The van der Waals surface area contributed by atoms with Crippen LogP contribution in [0.4, 0.5) is 4.79 Å². The molecule has 4 N–H and O–H groups in total. The summed E-state index contributed by atoms with van der Waals surface area (Å²) in [5, 5.41) is 37.9. The lowest BCUT2D eigenvalue weighted by molar-refractivity contribution is -0.218. The molecule has 3 unspecified atom stereocenters. The Kier molecular flexibility index (Phi) is 9.03. The molecule has 6 fully saturated rings. The van der Waals surface area contributed by atoms with Gasteiger partial charge >= 0.3 is 12.1 Å². The van der Waals surface area contributed by atoms with Gasteiger partial charge in [-0.05, 0) is 139 Å². The summed E-state index contributed by atoms with van der Waals surface area (Å²) in [6.07, 6.45) is 6.12. The lowest BCUT2D eigenvalue weighted by atomic mass is 9.41. The van der Waals surface area contributed by atoms with Crippen molar-refractivity contribution in [3.8, 4) is 0 Å². The average Bonchev–Trinajstić information content (AvgIpc) is 3.32. The van der Waals surface area contributed by atoms with Gasteiger partial charge in [-0.2, -0.15) is 0 Å². The van der Waals surface area contributed by atoms with E-state index in [2.05, 4.69) is 39.9 Å². The summed E-state index contributed by atoms with van der Waals surface area (Å²) in [6.45, 7) is 24.3. The molecule has 0 radical (unpaired) electrons. The first kappa shape index (κ1) is 38.3. The van der Waals surface area contributed by atoms with Crippen molar-refractivity contribution in [3.05, 3.63) is 0 Å². The van der Waals surface area contributed by atoms with E-state index in [1.54, 1.807) is 20.8 Å². The number of aliphatic hydroxyl groups is 3. The van der Waals surface area contributed by atoms with Gasteiger partial charge in [0, 0.05) is 11.3 Å². The zero-order valence-electron chi connectivity index (χ0n) is 33.2. The van der Waals surface area contributed by atoms with E-state index in [-0.39, 0.29) is 57.5 Å².